The van der Waals surface area contributed by atoms with Gasteiger partial charge in [0.25, 0.3) is 0 Å². The van der Waals surface area contributed by atoms with Crippen molar-refractivity contribution in [2.24, 2.45) is 5.73 Å². The van der Waals surface area contributed by atoms with E-state index >= 15 is 0 Å². The molecular formula is C20H22Br2N6O. The number of nitrogens with one attached hydrogen (secondary N) is 1. The van der Waals surface area contributed by atoms with Gasteiger partial charge in [-0.2, -0.15) is 4.98 Å². The molecule has 1 fully saturated rings. The fourth-order valence-corrected chi connectivity index (χ4v) is 3.49. The maximum absolute atomic E-state index is 5.67. The molecule has 0 saturated carbocycles. The number of hydrogen-bond donors (Lipinski definition) is 2. The molecule has 3 heterocycles. The Labute approximate surface area is 186 Å². The van der Waals surface area contributed by atoms with Crippen LogP contribution in [0.4, 0.5) is 11.5 Å². The number of anilines is 2. The third kappa shape index (κ3) is 6.04. The minimum Gasteiger partial charge on any atom is -0.386 e. The molecule has 0 radical (unpaired) electrons. The Balaban J connectivity index is 0.000000224. The summed E-state index contributed by atoms with van der Waals surface area (Å²) < 4.78 is 6.66. The highest BCUT2D eigenvalue weighted by Gasteiger charge is 2.10. The van der Waals surface area contributed by atoms with Gasteiger partial charge in [-0.05, 0) is 72.1 Å². The third-order valence-corrected chi connectivity index (χ3v) is 5.53. The molecular weight excluding hydrogens is 500 g/mol. The third-order valence-electron chi connectivity index (χ3n) is 4.34. The van der Waals surface area contributed by atoms with Gasteiger partial charge in [0.15, 0.2) is 0 Å². The van der Waals surface area contributed by atoms with Crippen molar-refractivity contribution in [2.75, 3.05) is 18.4 Å². The molecule has 7 nitrogen and oxygen atoms in total. The van der Waals surface area contributed by atoms with E-state index in [0.29, 0.717) is 5.82 Å². The molecule has 0 bridgehead atoms. The Bertz CT molecular complexity index is 938. The maximum Gasteiger partial charge on any atom is 0.214 e. The van der Waals surface area contributed by atoms with Crippen LogP contribution in [0.25, 0.3) is 11.4 Å². The zero-order chi connectivity index (χ0) is 20.6. The van der Waals surface area contributed by atoms with E-state index in [0.717, 1.165) is 44.9 Å². The monoisotopic (exact) mass is 520 g/mol. The molecule has 1 aliphatic rings. The first kappa shape index (κ1) is 21.3. The summed E-state index contributed by atoms with van der Waals surface area (Å²) >= 11 is 6.93. The van der Waals surface area contributed by atoms with Crippen molar-refractivity contribution in [1.29, 1.82) is 0 Å². The van der Waals surface area contributed by atoms with Crippen LogP contribution in [-0.2, 0) is 0 Å². The predicted molar refractivity (Wildman–Crippen MR) is 121 cm³/mol. The Morgan fingerprint density at radius 1 is 1.17 bits per heavy atom. The summed E-state index contributed by atoms with van der Waals surface area (Å²) in [6, 6.07) is 9.63. The molecule has 0 atom stereocenters. The Morgan fingerprint density at radius 3 is 2.59 bits per heavy atom. The molecule has 1 aromatic carbocycles. The van der Waals surface area contributed by atoms with Crippen molar-refractivity contribution in [1.82, 2.24) is 20.0 Å². The summed E-state index contributed by atoms with van der Waals surface area (Å²) in [5.41, 5.74) is 7.40. The predicted octanol–water partition coefficient (Wildman–Crippen LogP) is 5.30. The van der Waals surface area contributed by atoms with Crippen molar-refractivity contribution >= 4 is 43.4 Å². The van der Waals surface area contributed by atoms with Crippen molar-refractivity contribution in [3.63, 3.8) is 0 Å². The average Bonchev–Trinajstić information content (AvgIpc) is 3.45. The van der Waals surface area contributed by atoms with Crippen LogP contribution >= 0.6 is 31.9 Å². The summed E-state index contributed by atoms with van der Waals surface area (Å²) in [4.78, 5) is 10.5. The molecule has 152 valence electrons. The molecule has 9 heteroatoms. The van der Waals surface area contributed by atoms with Gasteiger partial charge in [0.05, 0.1) is 11.5 Å². The first-order valence-corrected chi connectivity index (χ1v) is 10.8. The molecule has 1 aliphatic heterocycles. The SMILES string of the molecule is Brc1ccc(Br)c(Nc2ccc(-c3ncon3)cn2)c1.C/C=C(/N)N1CCCC1. The summed E-state index contributed by atoms with van der Waals surface area (Å²) in [6.07, 6.45) is 7.55. The van der Waals surface area contributed by atoms with E-state index in [4.69, 9.17) is 10.3 Å². The summed E-state index contributed by atoms with van der Waals surface area (Å²) in [6.45, 7) is 4.28. The second-order valence-corrected chi connectivity index (χ2v) is 8.11. The molecule has 4 rings (SSSR count). The van der Waals surface area contributed by atoms with Crippen LogP contribution in [0.2, 0.25) is 0 Å². The van der Waals surface area contributed by atoms with Crippen LogP contribution in [0.5, 0.6) is 0 Å². The fourth-order valence-electron chi connectivity index (χ4n) is 2.79. The smallest absolute Gasteiger partial charge is 0.214 e. The number of rotatable bonds is 4. The Kier molecular flexibility index (Phi) is 7.65. The minimum atomic E-state index is 0.521. The highest BCUT2D eigenvalue weighted by atomic mass is 79.9. The lowest BCUT2D eigenvalue weighted by Gasteiger charge is -2.16. The Hall–Kier alpha value is -2.39. The van der Waals surface area contributed by atoms with Gasteiger partial charge in [-0.1, -0.05) is 21.1 Å². The number of aromatic nitrogens is 3. The van der Waals surface area contributed by atoms with E-state index in [2.05, 4.69) is 57.2 Å². The van der Waals surface area contributed by atoms with E-state index in [-0.39, 0.29) is 0 Å². The fraction of sp³-hybridized carbons (Fsp3) is 0.250. The van der Waals surface area contributed by atoms with E-state index in [1.54, 1.807) is 6.20 Å². The number of allylic oxidation sites excluding steroid dienone is 1. The number of halogens is 2. The van der Waals surface area contributed by atoms with Gasteiger partial charge >= 0.3 is 0 Å². The highest BCUT2D eigenvalue weighted by Crippen LogP contribution is 2.28. The van der Waals surface area contributed by atoms with Crippen LogP contribution in [0, 0.1) is 0 Å². The minimum absolute atomic E-state index is 0.521. The van der Waals surface area contributed by atoms with Crippen molar-refractivity contribution in [3.05, 3.63) is 63.8 Å². The van der Waals surface area contributed by atoms with Crippen LogP contribution in [-0.4, -0.2) is 33.1 Å². The first-order chi connectivity index (χ1) is 14.1. The van der Waals surface area contributed by atoms with Gasteiger partial charge in [-0.25, -0.2) is 4.98 Å². The Morgan fingerprint density at radius 2 is 1.97 bits per heavy atom. The quantitative estimate of drug-likeness (QED) is 0.481. The van der Waals surface area contributed by atoms with Crippen molar-refractivity contribution in [3.8, 4) is 11.4 Å². The number of benzene rings is 1. The molecule has 0 aliphatic carbocycles. The molecule has 2 aromatic heterocycles. The second-order valence-electron chi connectivity index (χ2n) is 6.34. The summed E-state index contributed by atoms with van der Waals surface area (Å²) in [5, 5.41) is 7.00. The number of nitrogens with zero attached hydrogens (tertiary/aromatic N) is 4. The van der Waals surface area contributed by atoms with E-state index in [9.17, 15) is 0 Å². The standard InChI is InChI=1S/C13H8Br2N4O.C7H14N2/c14-9-2-3-10(15)11(5-9)18-12-4-1-8(6-16-12)13-17-7-20-19-13;1-2-7(8)9-5-3-4-6-9/h1-7H,(H,16,18);2H,3-6,8H2,1H3/b;7-2-. The lowest BCUT2D eigenvalue weighted by Crippen LogP contribution is -2.23. The molecule has 0 unspecified atom stereocenters. The van der Waals surface area contributed by atoms with Gasteiger partial charge in [-0.3, -0.25) is 0 Å². The highest BCUT2D eigenvalue weighted by molar-refractivity contribution is 9.11. The molecule has 1 saturated heterocycles. The zero-order valence-electron chi connectivity index (χ0n) is 16.0. The average molecular weight is 522 g/mol. The molecule has 0 spiro atoms. The van der Waals surface area contributed by atoms with E-state index < -0.39 is 0 Å². The van der Waals surface area contributed by atoms with Crippen LogP contribution in [0.1, 0.15) is 19.8 Å². The normalized spacial score (nSPS) is 13.8. The topological polar surface area (TPSA) is 93.1 Å². The maximum atomic E-state index is 5.67. The van der Waals surface area contributed by atoms with Crippen molar-refractivity contribution < 1.29 is 4.52 Å². The number of likely N-dealkylation sites (tertiary alicyclic amines) is 1. The van der Waals surface area contributed by atoms with Gasteiger partial charge in [0, 0.05) is 33.8 Å². The summed E-state index contributed by atoms with van der Waals surface area (Å²) in [5.74, 6) is 2.19. The van der Waals surface area contributed by atoms with Gasteiger partial charge < -0.3 is 20.5 Å². The first-order valence-electron chi connectivity index (χ1n) is 9.18. The lowest BCUT2D eigenvalue weighted by atomic mass is 10.2. The van der Waals surface area contributed by atoms with Crippen LogP contribution < -0.4 is 11.1 Å². The van der Waals surface area contributed by atoms with Gasteiger partial charge in [0.1, 0.15) is 5.82 Å². The largest absolute Gasteiger partial charge is 0.386 e. The van der Waals surface area contributed by atoms with E-state index in [1.165, 1.54) is 19.2 Å². The molecule has 0 amide bonds. The zero-order valence-corrected chi connectivity index (χ0v) is 19.1. The van der Waals surface area contributed by atoms with Gasteiger partial charge in [-0.15, -0.1) is 0 Å². The van der Waals surface area contributed by atoms with Crippen LogP contribution in [0.15, 0.2) is 68.3 Å². The van der Waals surface area contributed by atoms with Crippen LogP contribution in [0.3, 0.4) is 0 Å². The molecule has 29 heavy (non-hydrogen) atoms. The molecule has 3 aromatic rings. The van der Waals surface area contributed by atoms with Gasteiger partial charge in [0.2, 0.25) is 12.2 Å². The number of nitrogens with two attached hydrogens (primary N) is 1. The lowest BCUT2D eigenvalue weighted by molar-refractivity contribution is 0.418. The second kappa shape index (κ2) is 10.4. The molecule has 3 N–H and O–H groups in total. The number of hydrogen-bond acceptors (Lipinski definition) is 7. The van der Waals surface area contributed by atoms with E-state index in [1.807, 2.05) is 43.3 Å². The number of pyridine rings is 1. The van der Waals surface area contributed by atoms with Crippen molar-refractivity contribution in [2.45, 2.75) is 19.8 Å². The summed E-state index contributed by atoms with van der Waals surface area (Å²) in [7, 11) is 0.